The Kier molecular flexibility index (Phi) is 2.96. The Bertz CT molecular complexity index is 462. The van der Waals surface area contributed by atoms with Crippen LogP contribution in [0.15, 0.2) is 24.3 Å². The van der Waals surface area contributed by atoms with Crippen LogP contribution in [-0.2, 0) is 5.88 Å². The molecular formula is C12H15ClN2. The predicted octanol–water partition coefficient (Wildman–Crippen LogP) is 3.75. The maximum absolute atomic E-state index is 5.92. The molecule has 0 amide bonds. The minimum atomic E-state index is 0.450. The number of halogens is 1. The maximum Gasteiger partial charge on any atom is 0.125 e. The first-order valence-corrected chi connectivity index (χ1v) is 5.83. The first kappa shape index (κ1) is 10.5. The van der Waals surface area contributed by atoms with Gasteiger partial charge in [-0.05, 0) is 25.5 Å². The lowest BCUT2D eigenvalue weighted by Gasteiger charge is -2.14. The zero-order valence-corrected chi connectivity index (χ0v) is 9.83. The van der Waals surface area contributed by atoms with Crippen molar-refractivity contribution in [2.75, 3.05) is 0 Å². The number of fused-ring (bicyclic) bond motifs is 1. The van der Waals surface area contributed by atoms with Crippen LogP contribution in [0.2, 0.25) is 0 Å². The monoisotopic (exact) mass is 222 g/mol. The van der Waals surface area contributed by atoms with Crippen molar-refractivity contribution in [1.29, 1.82) is 0 Å². The molecule has 0 saturated heterocycles. The van der Waals surface area contributed by atoms with Crippen molar-refractivity contribution in [3.8, 4) is 0 Å². The molecule has 0 aliphatic carbocycles. The number of aromatic nitrogens is 2. The van der Waals surface area contributed by atoms with E-state index in [1.165, 1.54) is 5.52 Å². The summed E-state index contributed by atoms with van der Waals surface area (Å²) in [5, 5.41) is 0. The Hall–Kier alpha value is -1.02. The van der Waals surface area contributed by atoms with E-state index in [2.05, 4.69) is 29.5 Å². The molecule has 1 atom stereocenters. The molecule has 1 aromatic heterocycles. The van der Waals surface area contributed by atoms with Gasteiger partial charge in [-0.2, -0.15) is 0 Å². The molecule has 0 aliphatic heterocycles. The van der Waals surface area contributed by atoms with Crippen molar-refractivity contribution >= 4 is 22.6 Å². The number of para-hydroxylation sites is 2. The van der Waals surface area contributed by atoms with E-state index >= 15 is 0 Å². The fourth-order valence-corrected chi connectivity index (χ4v) is 2.05. The van der Waals surface area contributed by atoms with Crippen molar-refractivity contribution in [2.24, 2.45) is 0 Å². The van der Waals surface area contributed by atoms with E-state index in [1.54, 1.807) is 0 Å². The van der Waals surface area contributed by atoms with Crippen LogP contribution in [0, 0.1) is 0 Å². The summed E-state index contributed by atoms with van der Waals surface area (Å²) in [6, 6.07) is 8.63. The molecule has 0 N–H and O–H groups in total. The van der Waals surface area contributed by atoms with Gasteiger partial charge in [-0.25, -0.2) is 4.98 Å². The minimum absolute atomic E-state index is 0.450. The zero-order valence-electron chi connectivity index (χ0n) is 9.07. The first-order valence-electron chi connectivity index (χ1n) is 5.29. The summed E-state index contributed by atoms with van der Waals surface area (Å²) in [6.45, 7) is 4.38. The fraction of sp³-hybridized carbons (Fsp3) is 0.417. The van der Waals surface area contributed by atoms with Gasteiger partial charge in [-0.15, -0.1) is 11.6 Å². The molecule has 0 bridgehead atoms. The third-order valence-corrected chi connectivity index (χ3v) is 3.06. The van der Waals surface area contributed by atoms with E-state index in [4.69, 9.17) is 11.6 Å². The molecule has 0 radical (unpaired) electrons. The second-order valence-corrected chi connectivity index (χ2v) is 4.04. The van der Waals surface area contributed by atoms with Gasteiger partial charge in [0.05, 0.1) is 16.9 Å². The van der Waals surface area contributed by atoms with Crippen molar-refractivity contribution in [3.63, 3.8) is 0 Å². The number of rotatable bonds is 3. The SMILES string of the molecule is CCC(C)n1c(CCl)nc2ccccc21. The van der Waals surface area contributed by atoms with Crippen LogP contribution in [-0.4, -0.2) is 9.55 Å². The smallest absolute Gasteiger partial charge is 0.125 e. The Morgan fingerprint density at radius 3 is 2.80 bits per heavy atom. The lowest BCUT2D eigenvalue weighted by Crippen LogP contribution is -2.07. The lowest BCUT2D eigenvalue weighted by molar-refractivity contribution is 0.530. The number of nitrogens with zero attached hydrogens (tertiary/aromatic N) is 2. The van der Waals surface area contributed by atoms with Crippen LogP contribution in [0.4, 0.5) is 0 Å². The van der Waals surface area contributed by atoms with Gasteiger partial charge < -0.3 is 4.57 Å². The molecule has 2 rings (SSSR count). The molecule has 15 heavy (non-hydrogen) atoms. The molecule has 0 saturated carbocycles. The molecule has 2 aromatic rings. The summed E-state index contributed by atoms with van der Waals surface area (Å²) in [5.41, 5.74) is 2.22. The van der Waals surface area contributed by atoms with E-state index in [1.807, 2.05) is 18.2 Å². The highest BCUT2D eigenvalue weighted by Gasteiger charge is 2.12. The van der Waals surface area contributed by atoms with E-state index in [0.717, 1.165) is 17.8 Å². The van der Waals surface area contributed by atoms with Crippen LogP contribution in [0.5, 0.6) is 0 Å². The third-order valence-electron chi connectivity index (χ3n) is 2.82. The Morgan fingerprint density at radius 1 is 1.40 bits per heavy atom. The summed E-state index contributed by atoms with van der Waals surface area (Å²) in [6.07, 6.45) is 1.09. The van der Waals surface area contributed by atoms with Gasteiger partial charge in [0, 0.05) is 6.04 Å². The van der Waals surface area contributed by atoms with Gasteiger partial charge in [0.15, 0.2) is 0 Å². The molecule has 3 heteroatoms. The van der Waals surface area contributed by atoms with E-state index < -0.39 is 0 Å². The standard InChI is InChI=1S/C12H15ClN2/c1-3-9(2)15-11-7-5-4-6-10(11)14-12(15)8-13/h4-7,9H,3,8H2,1-2H3. The highest BCUT2D eigenvalue weighted by molar-refractivity contribution is 6.16. The van der Waals surface area contributed by atoms with Crippen LogP contribution < -0.4 is 0 Å². The molecule has 0 spiro atoms. The highest BCUT2D eigenvalue weighted by Crippen LogP contribution is 2.23. The Balaban J connectivity index is 2.66. The second kappa shape index (κ2) is 4.23. The molecule has 0 aliphatic rings. The van der Waals surface area contributed by atoms with Crippen LogP contribution in [0.25, 0.3) is 11.0 Å². The van der Waals surface area contributed by atoms with Crippen molar-refractivity contribution in [3.05, 3.63) is 30.1 Å². The zero-order chi connectivity index (χ0) is 10.8. The lowest BCUT2D eigenvalue weighted by atomic mass is 10.2. The van der Waals surface area contributed by atoms with Crippen LogP contribution in [0.3, 0.4) is 0 Å². The van der Waals surface area contributed by atoms with Gasteiger partial charge in [0.2, 0.25) is 0 Å². The fourth-order valence-electron chi connectivity index (χ4n) is 1.86. The summed E-state index contributed by atoms with van der Waals surface area (Å²) in [7, 11) is 0. The number of hydrogen-bond donors (Lipinski definition) is 0. The second-order valence-electron chi connectivity index (χ2n) is 3.78. The quantitative estimate of drug-likeness (QED) is 0.724. The van der Waals surface area contributed by atoms with Gasteiger partial charge in [-0.1, -0.05) is 19.1 Å². The van der Waals surface area contributed by atoms with E-state index in [0.29, 0.717) is 11.9 Å². The van der Waals surface area contributed by atoms with Crippen molar-refractivity contribution < 1.29 is 0 Å². The molecule has 1 unspecified atom stereocenters. The van der Waals surface area contributed by atoms with Crippen molar-refractivity contribution in [2.45, 2.75) is 32.2 Å². The average molecular weight is 223 g/mol. The van der Waals surface area contributed by atoms with Gasteiger partial charge in [0.25, 0.3) is 0 Å². The largest absolute Gasteiger partial charge is 0.324 e. The number of hydrogen-bond acceptors (Lipinski definition) is 1. The number of alkyl halides is 1. The summed E-state index contributed by atoms with van der Waals surface area (Å²) in [4.78, 5) is 4.53. The Morgan fingerprint density at radius 2 is 2.13 bits per heavy atom. The molecule has 1 aromatic carbocycles. The minimum Gasteiger partial charge on any atom is -0.324 e. The highest BCUT2D eigenvalue weighted by atomic mass is 35.5. The molecule has 80 valence electrons. The summed E-state index contributed by atoms with van der Waals surface area (Å²) < 4.78 is 2.24. The van der Waals surface area contributed by atoms with Crippen molar-refractivity contribution in [1.82, 2.24) is 9.55 Å². The van der Waals surface area contributed by atoms with Crippen LogP contribution in [0.1, 0.15) is 32.1 Å². The molecule has 0 fully saturated rings. The Labute approximate surface area is 94.9 Å². The predicted molar refractivity (Wildman–Crippen MR) is 64.3 cm³/mol. The first-order chi connectivity index (χ1) is 7.27. The average Bonchev–Trinajstić information content (AvgIpc) is 2.66. The normalized spacial score (nSPS) is 13.3. The van der Waals surface area contributed by atoms with E-state index in [9.17, 15) is 0 Å². The van der Waals surface area contributed by atoms with Gasteiger partial charge in [-0.3, -0.25) is 0 Å². The topological polar surface area (TPSA) is 17.8 Å². The molecule has 2 nitrogen and oxygen atoms in total. The number of imidazole rings is 1. The summed E-state index contributed by atoms with van der Waals surface area (Å²) >= 11 is 5.92. The van der Waals surface area contributed by atoms with Gasteiger partial charge in [0.1, 0.15) is 5.82 Å². The van der Waals surface area contributed by atoms with Crippen LogP contribution >= 0.6 is 11.6 Å². The van der Waals surface area contributed by atoms with Gasteiger partial charge >= 0.3 is 0 Å². The summed E-state index contributed by atoms with van der Waals surface area (Å²) in [5.74, 6) is 1.44. The third kappa shape index (κ3) is 1.74. The molecule has 1 heterocycles. The molecular weight excluding hydrogens is 208 g/mol. The number of benzene rings is 1. The van der Waals surface area contributed by atoms with E-state index in [-0.39, 0.29) is 0 Å². The maximum atomic E-state index is 5.92.